The fourth-order valence-electron chi connectivity index (χ4n) is 2.89. The van der Waals surface area contributed by atoms with Crippen LogP contribution in [0.4, 0.5) is 8.78 Å². The third-order valence-corrected chi connectivity index (χ3v) is 4.20. The molecule has 120 valence electrons. The molecule has 1 unspecified atom stereocenters. The van der Waals surface area contributed by atoms with Crippen LogP contribution in [0.2, 0.25) is 0 Å². The first-order valence-electron chi connectivity index (χ1n) is 7.53. The fraction of sp³-hybridized carbons (Fsp3) is 0.278. The SMILES string of the molecule is O=C(CC(O)c1ccccc1)N1CCc2c(F)ccc(F)c2C1. The van der Waals surface area contributed by atoms with Crippen molar-refractivity contribution in [3.8, 4) is 0 Å². The van der Waals surface area contributed by atoms with Crippen molar-refractivity contribution < 1.29 is 18.7 Å². The Kier molecular flexibility index (Phi) is 4.39. The monoisotopic (exact) mass is 317 g/mol. The highest BCUT2D eigenvalue weighted by molar-refractivity contribution is 5.77. The highest BCUT2D eigenvalue weighted by Gasteiger charge is 2.26. The van der Waals surface area contributed by atoms with Crippen LogP contribution in [0.3, 0.4) is 0 Å². The minimum Gasteiger partial charge on any atom is -0.388 e. The van der Waals surface area contributed by atoms with E-state index in [0.717, 1.165) is 12.1 Å². The molecular formula is C18H17F2NO2. The fourth-order valence-corrected chi connectivity index (χ4v) is 2.89. The molecule has 2 aromatic carbocycles. The van der Waals surface area contributed by atoms with Gasteiger partial charge in [0.25, 0.3) is 0 Å². The number of aliphatic hydroxyl groups excluding tert-OH is 1. The minimum atomic E-state index is -0.901. The van der Waals surface area contributed by atoms with Crippen molar-refractivity contribution in [2.75, 3.05) is 6.54 Å². The van der Waals surface area contributed by atoms with Gasteiger partial charge in [0.15, 0.2) is 0 Å². The van der Waals surface area contributed by atoms with Gasteiger partial charge in [-0.3, -0.25) is 4.79 Å². The van der Waals surface area contributed by atoms with Crippen molar-refractivity contribution in [2.45, 2.75) is 25.5 Å². The second-order valence-corrected chi connectivity index (χ2v) is 5.68. The molecule has 0 aromatic heterocycles. The summed E-state index contributed by atoms with van der Waals surface area (Å²) < 4.78 is 27.6. The molecule has 1 N–H and O–H groups in total. The largest absolute Gasteiger partial charge is 0.388 e. The van der Waals surface area contributed by atoms with Gasteiger partial charge in [-0.2, -0.15) is 0 Å². The van der Waals surface area contributed by atoms with Gasteiger partial charge in [-0.1, -0.05) is 30.3 Å². The van der Waals surface area contributed by atoms with Gasteiger partial charge < -0.3 is 10.0 Å². The molecule has 3 rings (SSSR count). The van der Waals surface area contributed by atoms with Crippen molar-refractivity contribution in [1.82, 2.24) is 4.90 Å². The maximum atomic E-state index is 13.9. The van der Waals surface area contributed by atoms with Crippen LogP contribution >= 0.6 is 0 Å². The van der Waals surface area contributed by atoms with E-state index < -0.39 is 17.7 Å². The highest BCUT2D eigenvalue weighted by atomic mass is 19.1. The van der Waals surface area contributed by atoms with E-state index in [2.05, 4.69) is 0 Å². The maximum Gasteiger partial charge on any atom is 0.225 e. The molecule has 0 radical (unpaired) electrons. The zero-order valence-electron chi connectivity index (χ0n) is 12.5. The third-order valence-electron chi connectivity index (χ3n) is 4.20. The van der Waals surface area contributed by atoms with Crippen molar-refractivity contribution in [2.24, 2.45) is 0 Å². The normalized spacial score (nSPS) is 15.2. The lowest BCUT2D eigenvalue weighted by Crippen LogP contribution is -2.37. The van der Waals surface area contributed by atoms with Gasteiger partial charge in [0.2, 0.25) is 5.91 Å². The number of rotatable bonds is 3. The van der Waals surface area contributed by atoms with E-state index in [4.69, 9.17) is 0 Å². The van der Waals surface area contributed by atoms with Crippen LogP contribution in [0.15, 0.2) is 42.5 Å². The standard InChI is InChI=1S/C18H17F2NO2/c19-15-6-7-16(20)14-11-21(9-8-13(14)15)18(23)10-17(22)12-4-2-1-3-5-12/h1-7,17,22H,8-11H2. The summed E-state index contributed by atoms with van der Waals surface area (Å²) in [5, 5.41) is 10.1. The number of hydrogen-bond donors (Lipinski definition) is 1. The van der Waals surface area contributed by atoms with E-state index >= 15 is 0 Å². The Hall–Kier alpha value is -2.27. The van der Waals surface area contributed by atoms with Crippen LogP contribution < -0.4 is 0 Å². The third kappa shape index (κ3) is 3.24. The summed E-state index contributed by atoms with van der Waals surface area (Å²) in [5.41, 5.74) is 1.24. The molecule has 0 aliphatic carbocycles. The molecule has 2 aromatic rings. The predicted octanol–water partition coefficient (Wildman–Crippen LogP) is 2.97. The first-order valence-corrected chi connectivity index (χ1v) is 7.53. The predicted molar refractivity (Wildman–Crippen MR) is 81.5 cm³/mol. The number of amides is 1. The van der Waals surface area contributed by atoms with Crippen molar-refractivity contribution >= 4 is 5.91 Å². The Morgan fingerprint density at radius 3 is 2.43 bits per heavy atom. The molecular weight excluding hydrogens is 300 g/mol. The Bertz CT molecular complexity index is 718. The summed E-state index contributed by atoms with van der Waals surface area (Å²) in [7, 11) is 0. The van der Waals surface area contributed by atoms with Gasteiger partial charge in [-0.25, -0.2) is 8.78 Å². The number of carbonyl (C=O) groups excluding carboxylic acids is 1. The van der Waals surface area contributed by atoms with E-state index in [-0.39, 0.29) is 30.9 Å². The highest BCUT2D eigenvalue weighted by Crippen LogP contribution is 2.26. The molecule has 0 bridgehead atoms. The van der Waals surface area contributed by atoms with Gasteiger partial charge in [0, 0.05) is 18.7 Å². The van der Waals surface area contributed by atoms with E-state index in [1.807, 2.05) is 6.07 Å². The molecule has 0 saturated heterocycles. The number of hydrogen-bond acceptors (Lipinski definition) is 2. The molecule has 1 atom stereocenters. The summed E-state index contributed by atoms with van der Waals surface area (Å²) in [6, 6.07) is 11.1. The smallest absolute Gasteiger partial charge is 0.225 e. The Morgan fingerprint density at radius 1 is 1.09 bits per heavy atom. The number of benzene rings is 2. The topological polar surface area (TPSA) is 40.5 Å². The Balaban J connectivity index is 1.71. The number of fused-ring (bicyclic) bond motifs is 1. The molecule has 1 aliphatic rings. The van der Waals surface area contributed by atoms with E-state index in [1.165, 1.54) is 4.90 Å². The Morgan fingerprint density at radius 2 is 1.74 bits per heavy atom. The average molecular weight is 317 g/mol. The molecule has 0 saturated carbocycles. The number of carbonyl (C=O) groups is 1. The van der Waals surface area contributed by atoms with Crippen molar-refractivity contribution in [3.63, 3.8) is 0 Å². The van der Waals surface area contributed by atoms with Crippen LogP contribution in [-0.2, 0) is 17.8 Å². The molecule has 1 amide bonds. The van der Waals surface area contributed by atoms with Crippen LogP contribution in [0.25, 0.3) is 0 Å². The lowest BCUT2D eigenvalue weighted by atomic mass is 9.97. The Labute approximate surface area is 133 Å². The van der Waals surface area contributed by atoms with Gasteiger partial charge in [-0.05, 0) is 29.7 Å². The number of nitrogens with zero attached hydrogens (tertiary/aromatic N) is 1. The van der Waals surface area contributed by atoms with Crippen LogP contribution in [0, 0.1) is 11.6 Å². The number of halogens is 2. The zero-order chi connectivity index (χ0) is 16.4. The summed E-state index contributed by atoms with van der Waals surface area (Å²) in [4.78, 5) is 13.8. The second-order valence-electron chi connectivity index (χ2n) is 5.68. The molecule has 5 heteroatoms. The molecule has 1 aliphatic heterocycles. The average Bonchev–Trinajstić information content (AvgIpc) is 2.58. The van der Waals surface area contributed by atoms with Crippen molar-refractivity contribution in [3.05, 3.63) is 70.8 Å². The molecule has 3 nitrogen and oxygen atoms in total. The van der Waals surface area contributed by atoms with E-state index in [1.54, 1.807) is 24.3 Å². The molecule has 0 spiro atoms. The van der Waals surface area contributed by atoms with Crippen LogP contribution in [0.5, 0.6) is 0 Å². The lowest BCUT2D eigenvalue weighted by molar-refractivity contribution is -0.134. The zero-order valence-corrected chi connectivity index (χ0v) is 12.5. The van der Waals surface area contributed by atoms with E-state index in [0.29, 0.717) is 17.7 Å². The summed E-state index contributed by atoms with van der Waals surface area (Å²) in [6.45, 7) is 0.368. The maximum absolute atomic E-state index is 13.9. The summed E-state index contributed by atoms with van der Waals surface area (Å²) in [6.07, 6.45) is -0.690. The molecule has 1 heterocycles. The van der Waals surface area contributed by atoms with Gasteiger partial charge in [-0.15, -0.1) is 0 Å². The van der Waals surface area contributed by atoms with Crippen LogP contribution in [0.1, 0.15) is 29.2 Å². The second kappa shape index (κ2) is 6.46. The first-order chi connectivity index (χ1) is 11.1. The molecule has 23 heavy (non-hydrogen) atoms. The first kappa shape index (κ1) is 15.6. The quantitative estimate of drug-likeness (QED) is 0.945. The molecule has 0 fully saturated rings. The van der Waals surface area contributed by atoms with Gasteiger partial charge >= 0.3 is 0 Å². The lowest BCUT2D eigenvalue weighted by Gasteiger charge is -2.30. The number of aliphatic hydroxyl groups is 1. The van der Waals surface area contributed by atoms with Gasteiger partial charge in [0.05, 0.1) is 12.5 Å². The van der Waals surface area contributed by atoms with E-state index in [9.17, 15) is 18.7 Å². The van der Waals surface area contributed by atoms with Gasteiger partial charge in [0.1, 0.15) is 11.6 Å². The summed E-state index contributed by atoms with van der Waals surface area (Å²) in [5.74, 6) is -1.20. The van der Waals surface area contributed by atoms with Crippen molar-refractivity contribution in [1.29, 1.82) is 0 Å². The summed E-state index contributed by atoms with van der Waals surface area (Å²) >= 11 is 0. The minimum absolute atomic E-state index is 0.0409. The van der Waals surface area contributed by atoms with Crippen LogP contribution in [-0.4, -0.2) is 22.5 Å².